The fourth-order valence-corrected chi connectivity index (χ4v) is 5.04. The number of aromatic nitrogens is 1. The van der Waals surface area contributed by atoms with E-state index < -0.39 is 0 Å². The van der Waals surface area contributed by atoms with E-state index in [1.165, 1.54) is 16.5 Å². The molecule has 1 atom stereocenters. The minimum Gasteiger partial charge on any atom is -0.497 e. The third-order valence-electron chi connectivity index (χ3n) is 6.59. The first-order chi connectivity index (χ1) is 15.7. The van der Waals surface area contributed by atoms with Crippen molar-refractivity contribution in [3.05, 3.63) is 89.5 Å². The summed E-state index contributed by atoms with van der Waals surface area (Å²) in [6.45, 7) is 2.92. The van der Waals surface area contributed by atoms with Crippen molar-refractivity contribution in [2.24, 2.45) is 7.05 Å². The standard InChI is InChI=1S/C28H28N2O2/c1-4-5-18-30-27(21-10-6-7-11-22(21)28(30)31)25-23-12-8-9-13-24(23)29(2)26(25)19-14-16-20(32-3)17-15-19/h6-17,27H,4-5,18H2,1-3H3. The van der Waals surface area contributed by atoms with Gasteiger partial charge in [-0.3, -0.25) is 4.79 Å². The summed E-state index contributed by atoms with van der Waals surface area (Å²) in [6.07, 6.45) is 2.03. The van der Waals surface area contributed by atoms with Gasteiger partial charge in [-0.15, -0.1) is 0 Å². The van der Waals surface area contributed by atoms with Crippen LogP contribution in [0.5, 0.6) is 5.75 Å². The molecule has 0 saturated carbocycles. The Morgan fingerprint density at radius 2 is 1.66 bits per heavy atom. The van der Waals surface area contributed by atoms with Crippen LogP contribution < -0.4 is 4.74 Å². The molecule has 3 aromatic carbocycles. The normalized spacial score (nSPS) is 15.4. The summed E-state index contributed by atoms with van der Waals surface area (Å²) in [7, 11) is 3.80. The first-order valence-corrected chi connectivity index (χ1v) is 11.3. The predicted molar refractivity (Wildman–Crippen MR) is 129 cm³/mol. The molecule has 0 spiro atoms. The van der Waals surface area contributed by atoms with Gasteiger partial charge in [-0.1, -0.05) is 49.7 Å². The zero-order chi connectivity index (χ0) is 22.2. The van der Waals surface area contributed by atoms with Crippen LogP contribution >= 0.6 is 0 Å². The van der Waals surface area contributed by atoms with Gasteiger partial charge in [0.05, 0.1) is 18.8 Å². The molecule has 0 fully saturated rings. The Morgan fingerprint density at radius 3 is 2.41 bits per heavy atom. The number of carbonyl (C=O) groups excluding carboxylic acids is 1. The van der Waals surface area contributed by atoms with Crippen LogP contribution in [0.1, 0.15) is 47.3 Å². The van der Waals surface area contributed by atoms with Crippen LogP contribution in [-0.4, -0.2) is 29.0 Å². The van der Waals surface area contributed by atoms with E-state index in [9.17, 15) is 4.79 Å². The molecule has 5 rings (SSSR count). The maximum atomic E-state index is 13.5. The summed E-state index contributed by atoms with van der Waals surface area (Å²) < 4.78 is 7.65. The number of aryl methyl sites for hydroxylation is 1. The lowest BCUT2D eigenvalue weighted by Gasteiger charge is -2.27. The van der Waals surface area contributed by atoms with Gasteiger partial charge in [0.15, 0.2) is 0 Å². The van der Waals surface area contributed by atoms with Gasteiger partial charge in [0, 0.05) is 35.6 Å². The van der Waals surface area contributed by atoms with Gasteiger partial charge in [0.25, 0.3) is 5.91 Å². The summed E-state index contributed by atoms with van der Waals surface area (Å²) in [5, 5.41) is 1.19. The number of fused-ring (bicyclic) bond motifs is 2. The molecule has 0 aliphatic carbocycles. The second-order valence-electron chi connectivity index (χ2n) is 8.41. The molecule has 4 nitrogen and oxygen atoms in total. The van der Waals surface area contributed by atoms with E-state index in [0.29, 0.717) is 0 Å². The molecular weight excluding hydrogens is 396 g/mol. The van der Waals surface area contributed by atoms with E-state index in [-0.39, 0.29) is 11.9 Å². The van der Waals surface area contributed by atoms with Crippen molar-refractivity contribution < 1.29 is 9.53 Å². The average Bonchev–Trinajstić information content (AvgIpc) is 3.28. The van der Waals surface area contributed by atoms with Crippen LogP contribution in [0.25, 0.3) is 22.2 Å². The number of para-hydroxylation sites is 1. The minimum absolute atomic E-state index is 0.103. The molecule has 4 aromatic rings. The number of benzene rings is 3. The Balaban J connectivity index is 1.79. The summed E-state index contributed by atoms with van der Waals surface area (Å²) >= 11 is 0. The number of hydrogen-bond acceptors (Lipinski definition) is 2. The number of carbonyl (C=O) groups is 1. The van der Waals surface area contributed by atoms with Crippen LogP contribution in [0.4, 0.5) is 0 Å². The monoisotopic (exact) mass is 424 g/mol. The van der Waals surface area contributed by atoms with Gasteiger partial charge in [-0.05, 0) is 53.9 Å². The van der Waals surface area contributed by atoms with Gasteiger partial charge in [-0.2, -0.15) is 0 Å². The Bertz CT molecular complexity index is 1290. The van der Waals surface area contributed by atoms with Crippen molar-refractivity contribution in [2.75, 3.05) is 13.7 Å². The van der Waals surface area contributed by atoms with E-state index in [0.717, 1.165) is 47.5 Å². The Hall–Kier alpha value is -3.53. The van der Waals surface area contributed by atoms with Crippen molar-refractivity contribution in [3.63, 3.8) is 0 Å². The average molecular weight is 425 g/mol. The van der Waals surface area contributed by atoms with E-state index in [1.54, 1.807) is 7.11 Å². The number of methoxy groups -OCH3 is 1. The Labute approximate surface area is 189 Å². The molecule has 1 unspecified atom stereocenters. The highest BCUT2D eigenvalue weighted by Gasteiger charge is 2.40. The van der Waals surface area contributed by atoms with Gasteiger partial charge >= 0.3 is 0 Å². The highest BCUT2D eigenvalue weighted by atomic mass is 16.5. The molecule has 1 aliphatic rings. The van der Waals surface area contributed by atoms with Crippen molar-refractivity contribution in [1.29, 1.82) is 0 Å². The van der Waals surface area contributed by atoms with Gasteiger partial charge in [0.2, 0.25) is 0 Å². The number of ether oxygens (including phenoxy) is 1. The van der Waals surface area contributed by atoms with Crippen LogP contribution in [0.2, 0.25) is 0 Å². The molecule has 32 heavy (non-hydrogen) atoms. The van der Waals surface area contributed by atoms with Crippen LogP contribution in [0.15, 0.2) is 72.8 Å². The molecule has 0 saturated heterocycles. The quantitative estimate of drug-likeness (QED) is 0.369. The smallest absolute Gasteiger partial charge is 0.255 e. The van der Waals surface area contributed by atoms with Gasteiger partial charge in [-0.25, -0.2) is 0 Å². The summed E-state index contributed by atoms with van der Waals surface area (Å²) in [4.78, 5) is 15.5. The van der Waals surface area contributed by atoms with Gasteiger partial charge in [0.1, 0.15) is 5.75 Å². The van der Waals surface area contributed by atoms with Crippen molar-refractivity contribution >= 4 is 16.8 Å². The molecule has 0 N–H and O–H groups in total. The highest BCUT2D eigenvalue weighted by molar-refractivity contribution is 6.02. The maximum absolute atomic E-state index is 13.5. The van der Waals surface area contributed by atoms with Crippen molar-refractivity contribution in [2.45, 2.75) is 25.8 Å². The number of nitrogens with zero attached hydrogens (tertiary/aromatic N) is 2. The largest absolute Gasteiger partial charge is 0.497 e. The molecule has 0 radical (unpaired) electrons. The second-order valence-corrected chi connectivity index (χ2v) is 8.41. The SMILES string of the molecule is CCCCN1C(=O)c2ccccc2C1c1c(-c2ccc(OC)cc2)n(C)c2ccccc12. The van der Waals surface area contributed by atoms with E-state index in [2.05, 4.69) is 65.9 Å². The molecule has 0 bridgehead atoms. The Kier molecular flexibility index (Phi) is 5.22. The van der Waals surface area contributed by atoms with Crippen LogP contribution in [0.3, 0.4) is 0 Å². The summed E-state index contributed by atoms with van der Waals surface area (Å²) in [6, 6.07) is 24.7. The molecule has 1 aromatic heterocycles. The maximum Gasteiger partial charge on any atom is 0.255 e. The zero-order valence-electron chi connectivity index (χ0n) is 18.8. The van der Waals surface area contributed by atoms with Crippen molar-refractivity contribution in [3.8, 4) is 17.0 Å². The van der Waals surface area contributed by atoms with Crippen LogP contribution in [0, 0.1) is 0 Å². The van der Waals surface area contributed by atoms with Gasteiger partial charge < -0.3 is 14.2 Å². The molecule has 4 heteroatoms. The molecule has 1 amide bonds. The third-order valence-corrected chi connectivity index (χ3v) is 6.59. The van der Waals surface area contributed by atoms with E-state index >= 15 is 0 Å². The van der Waals surface area contributed by atoms with E-state index in [4.69, 9.17) is 4.74 Å². The highest BCUT2D eigenvalue weighted by Crippen LogP contribution is 2.46. The van der Waals surface area contributed by atoms with Crippen LogP contribution in [-0.2, 0) is 7.05 Å². The van der Waals surface area contributed by atoms with Crippen molar-refractivity contribution in [1.82, 2.24) is 9.47 Å². The molecule has 1 aliphatic heterocycles. The topological polar surface area (TPSA) is 34.5 Å². The Morgan fingerprint density at radius 1 is 0.938 bits per heavy atom. The fraction of sp³-hybridized carbons (Fsp3) is 0.250. The second kappa shape index (κ2) is 8.19. The zero-order valence-corrected chi connectivity index (χ0v) is 18.8. The summed E-state index contributed by atoms with van der Waals surface area (Å²) in [5.41, 5.74) is 6.54. The molecule has 2 heterocycles. The number of rotatable bonds is 6. The molecular formula is C28H28N2O2. The summed E-state index contributed by atoms with van der Waals surface area (Å²) in [5.74, 6) is 0.965. The number of amides is 1. The third kappa shape index (κ3) is 3.10. The lowest BCUT2D eigenvalue weighted by molar-refractivity contribution is 0.0748. The number of unbranched alkanes of at least 4 members (excludes halogenated alkanes) is 1. The lowest BCUT2D eigenvalue weighted by atomic mass is 9.93. The first kappa shape index (κ1) is 20.4. The lowest BCUT2D eigenvalue weighted by Crippen LogP contribution is -2.30. The predicted octanol–water partition coefficient (Wildman–Crippen LogP) is 6.20. The first-order valence-electron chi connectivity index (χ1n) is 11.3. The number of hydrogen-bond donors (Lipinski definition) is 0. The van der Waals surface area contributed by atoms with E-state index in [1.807, 2.05) is 30.3 Å². The molecule has 162 valence electrons. The minimum atomic E-state index is -0.103. The fourth-order valence-electron chi connectivity index (χ4n) is 5.04.